The molecule has 1 rings (SSSR count). The van der Waals surface area contributed by atoms with Crippen LogP contribution in [0.1, 0.15) is 39.5 Å². The molecule has 4 N–H and O–H groups in total. The summed E-state index contributed by atoms with van der Waals surface area (Å²) in [6, 6.07) is -0.320. The molecule has 1 atom stereocenters. The molecule has 5 nitrogen and oxygen atoms in total. The second-order valence-electron chi connectivity index (χ2n) is 5.18. The zero-order valence-corrected chi connectivity index (χ0v) is 10.5. The Morgan fingerprint density at radius 3 is 2.12 bits per heavy atom. The maximum absolute atomic E-state index is 11.1. The van der Waals surface area contributed by atoms with E-state index in [1.807, 2.05) is 13.8 Å². The molecule has 1 saturated carbocycles. The molecule has 1 unspecified atom stereocenters. The summed E-state index contributed by atoms with van der Waals surface area (Å²) < 4.78 is 0. The number of carboxylic acid groups (broad SMARTS) is 1. The zero-order valence-electron chi connectivity index (χ0n) is 10.5. The van der Waals surface area contributed by atoms with Crippen molar-refractivity contribution in [3.05, 3.63) is 0 Å². The van der Waals surface area contributed by atoms with Crippen LogP contribution in [0.4, 0.5) is 0 Å². The number of nitrogens with two attached hydrogens (primary N) is 1. The number of hydrogen-bond acceptors (Lipinski definition) is 3. The van der Waals surface area contributed by atoms with E-state index in [1.165, 1.54) is 0 Å². The van der Waals surface area contributed by atoms with Gasteiger partial charge in [-0.3, -0.25) is 9.59 Å². The number of carbonyl (C=O) groups is 2. The number of carboxylic acids is 1. The Morgan fingerprint density at radius 2 is 1.76 bits per heavy atom. The SMILES string of the molecule is CC(C)C(NC1CCC(C(N)=O)CC1)C(=O)O. The number of hydrogen-bond donors (Lipinski definition) is 3. The van der Waals surface area contributed by atoms with Gasteiger partial charge in [0.05, 0.1) is 0 Å². The smallest absolute Gasteiger partial charge is 0.320 e. The molecule has 0 spiro atoms. The molecular formula is C12H22N2O3. The minimum atomic E-state index is -0.808. The van der Waals surface area contributed by atoms with Gasteiger partial charge in [0.2, 0.25) is 5.91 Å². The molecule has 1 amide bonds. The topological polar surface area (TPSA) is 92.4 Å². The minimum absolute atomic E-state index is 0.0321. The molecule has 0 aromatic rings. The largest absolute Gasteiger partial charge is 0.480 e. The van der Waals surface area contributed by atoms with Crippen molar-refractivity contribution in [3.8, 4) is 0 Å². The van der Waals surface area contributed by atoms with Crippen molar-refractivity contribution in [2.45, 2.75) is 51.6 Å². The first-order valence-electron chi connectivity index (χ1n) is 6.20. The molecule has 5 heteroatoms. The van der Waals surface area contributed by atoms with Gasteiger partial charge in [-0.25, -0.2) is 0 Å². The molecule has 1 aliphatic carbocycles. The molecule has 0 heterocycles. The molecule has 17 heavy (non-hydrogen) atoms. The molecule has 0 bridgehead atoms. The van der Waals surface area contributed by atoms with Gasteiger partial charge in [-0.2, -0.15) is 0 Å². The van der Waals surface area contributed by atoms with Crippen LogP contribution in [-0.4, -0.2) is 29.1 Å². The Morgan fingerprint density at radius 1 is 1.24 bits per heavy atom. The van der Waals surface area contributed by atoms with Gasteiger partial charge in [-0.15, -0.1) is 0 Å². The van der Waals surface area contributed by atoms with Crippen molar-refractivity contribution in [1.29, 1.82) is 0 Å². The summed E-state index contributed by atoms with van der Waals surface area (Å²) in [4.78, 5) is 22.1. The fourth-order valence-electron chi connectivity index (χ4n) is 2.35. The summed E-state index contributed by atoms with van der Waals surface area (Å²) >= 11 is 0. The zero-order chi connectivity index (χ0) is 13.0. The molecule has 1 aliphatic rings. The summed E-state index contributed by atoms with van der Waals surface area (Å²) in [6.07, 6.45) is 3.17. The highest BCUT2D eigenvalue weighted by Crippen LogP contribution is 2.24. The lowest BCUT2D eigenvalue weighted by molar-refractivity contribution is -0.141. The predicted octanol–water partition coefficient (Wildman–Crippen LogP) is 0.729. The Hall–Kier alpha value is -1.10. The fraction of sp³-hybridized carbons (Fsp3) is 0.833. The molecule has 1 fully saturated rings. The number of amides is 1. The average Bonchev–Trinajstić information content (AvgIpc) is 2.25. The number of carbonyl (C=O) groups excluding carboxylic acids is 1. The van der Waals surface area contributed by atoms with Crippen LogP contribution < -0.4 is 11.1 Å². The third-order valence-electron chi connectivity index (χ3n) is 3.48. The minimum Gasteiger partial charge on any atom is -0.480 e. The first kappa shape index (κ1) is 14.0. The van der Waals surface area contributed by atoms with Crippen molar-refractivity contribution < 1.29 is 14.7 Å². The van der Waals surface area contributed by atoms with E-state index in [2.05, 4.69) is 5.32 Å². The molecule has 0 radical (unpaired) electrons. The predicted molar refractivity (Wildman–Crippen MR) is 64.3 cm³/mol. The molecular weight excluding hydrogens is 220 g/mol. The highest BCUT2D eigenvalue weighted by atomic mass is 16.4. The van der Waals surface area contributed by atoms with Crippen LogP contribution in [0.3, 0.4) is 0 Å². The Labute approximate surface area is 102 Å². The summed E-state index contributed by atoms with van der Waals surface area (Å²) in [5.41, 5.74) is 5.26. The van der Waals surface area contributed by atoms with Crippen LogP contribution in [0.25, 0.3) is 0 Å². The van der Waals surface area contributed by atoms with E-state index in [4.69, 9.17) is 10.8 Å². The maximum atomic E-state index is 11.1. The van der Waals surface area contributed by atoms with Gasteiger partial charge in [-0.05, 0) is 31.6 Å². The Bertz CT molecular complexity index is 283. The van der Waals surface area contributed by atoms with Gasteiger partial charge in [0, 0.05) is 12.0 Å². The van der Waals surface area contributed by atoms with Crippen LogP contribution in [-0.2, 0) is 9.59 Å². The second-order valence-corrected chi connectivity index (χ2v) is 5.18. The van der Waals surface area contributed by atoms with Crippen LogP contribution in [0.2, 0.25) is 0 Å². The number of aliphatic carboxylic acids is 1. The number of primary amides is 1. The van der Waals surface area contributed by atoms with Gasteiger partial charge < -0.3 is 16.2 Å². The lowest BCUT2D eigenvalue weighted by Crippen LogP contribution is -2.48. The molecule has 0 aliphatic heterocycles. The van der Waals surface area contributed by atoms with Crippen LogP contribution in [0, 0.1) is 11.8 Å². The summed E-state index contributed by atoms with van der Waals surface area (Å²) in [5.74, 6) is -1.02. The van der Waals surface area contributed by atoms with Crippen molar-refractivity contribution in [2.75, 3.05) is 0 Å². The monoisotopic (exact) mass is 242 g/mol. The van der Waals surface area contributed by atoms with Crippen molar-refractivity contribution in [2.24, 2.45) is 17.6 Å². The first-order valence-corrected chi connectivity index (χ1v) is 6.20. The average molecular weight is 242 g/mol. The molecule has 98 valence electrons. The molecule has 0 aromatic carbocycles. The van der Waals surface area contributed by atoms with E-state index in [0.29, 0.717) is 0 Å². The first-order chi connectivity index (χ1) is 7.91. The number of rotatable bonds is 5. The third kappa shape index (κ3) is 4.00. The molecule has 0 saturated heterocycles. The van der Waals surface area contributed by atoms with Crippen LogP contribution >= 0.6 is 0 Å². The van der Waals surface area contributed by atoms with Gasteiger partial charge in [0.15, 0.2) is 0 Å². The summed E-state index contributed by atoms with van der Waals surface area (Å²) in [7, 11) is 0. The van der Waals surface area contributed by atoms with E-state index in [9.17, 15) is 9.59 Å². The van der Waals surface area contributed by atoms with Gasteiger partial charge >= 0.3 is 5.97 Å². The van der Waals surface area contributed by atoms with E-state index < -0.39 is 12.0 Å². The maximum Gasteiger partial charge on any atom is 0.320 e. The molecule has 0 aromatic heterocycles. The number of nitrogens with one attached hydrogen (secondary N) is 1. The van der Waals surface area contributed by atoms with E-state index in [-0.39, 0.29) is 23.8 Å². The Kier molecular flexibility index (Phi) is 4.93. The Balaban J connectivity index is 2.44. The fourth-order valence-corrected chi connectivity index (χ4v) is 2.35. The van der Waals surface area contributed by atoms with Gasteiger partial charge in [0.1, 0.15) is 6.04 Å². The van der Waals surface area contributed by atoms with Crippen molar-refractivity contribution in [3.63, 3.8) is 0 Å². The van der Waals surface area contributed by atoms with Gasteiger partial charge in [-0.1, -0.05) is 13.8 Å². The normalized spacial score (nSPS) is 26.8. The highest BCUT2D eigenvalue weighted by Gasteiger charge is 2.29. The van der Waals surface area contributed by atoms with Gasteiger partial charge in [0.25, 0.3) is 0 Å². The van der Waals surface area contributed by atoms with Crippen molar-refractivity contribution >= 4 is 11.9 Å². The van der Waals surface area contributed by atoms with Crippen molar-refractivity contribution in [1.82, 2.24) is 5.32 Å². The summed E-state index contributed by atoms with van der Waals surface area (Å²) in [5, 5.41) is 12.2. The quantitative estimate of drug-likeness (QED) is 0.662. The van der Waals surface area contributed by atoms with E-state index in [1.54, 1.807) is 0 Å². The van der Waals surface area contributed by atoms with E-state index >= 15 is 0 Å². The summed E-state index contributed by atoms with van der Waals surface area (Å²) in [6.45, 7) is 3.78. The third-order valence-corrected chi connectivity index (χ3v) is 3.48. The lowest BCUT2D eigenvalue weighted by Gasteiger charge is -2.31. The van der Waals surface area contributed by atoms with Crippen LogP contribution in [0.5, 0.6) is 0 Å². The second kappa shape index (κ2) is 6.00. The highest BCUT2D eigenvalue weighted by molar-refractivity contribution is 5.76. The standard InChI is InChI=1S/C12H22N2O3/c1-7(2)10(12(16)17)14-9-5-3-8(4-6-9)11(13)15/h7-10,14H,3-6H2,1-2H3,(H2,13,15)(H,16,17). The van der Waals surface area contributed by atoms with Crippen LogP contribution in [0.15, 0.2) is 0 Å². The van der Waals surface area contributed by atoms with E-state index in [0.717, 1.165) is 25.7 Å². The lowest BCUT2D eigenvalue weighted by atomic mass is 9.85.